The molecule has 7 heteroatoms. The minimum absolute atomic E-state index is 0.660. The molecule has 2 atom stereocenters. The fraction of sp³-hybridized carbons (Fsp3) is 1.00. The first-order chi connectivity index (χ1) is 5.25. The lowest BCUT2D eigenvalue weighted by atomic mass is 10.1. The molecule has 1 saturated heterocycles. The molecule has 2 nitrogen and oxygen atoms in total. The smallest absolute Gasteiger partial charge is 0.229 e. The Labute approximate surface area is 66.5 Å². The van der Waals surface area contributed by atoms with Gasteiger partial charge in [-0.1, -0.05) is 0 Å². The normalized spacial score (nSPS) is 35.3. The lowest BCUT2D eigenvalue weighted by Crippen LogP contribution is -2.29. The average Bonchev–Trinajstić information content (AvgIpc) is 2.06. The zero-order valence-electron chi connectivity index (χ0n) is 5.81. The van der Waals surface area contributed by atoms with Gasteiger partial charge in [-0.05, 0) is 6.42 Å². The molecule has 0 saturated carbocycles. The van der Waals surface area contributed by atoms with Gasteiger partial charge >= 0.3 is 6.18 Å². The van der Waals surface area contributed by atoms with Crippen LogP contribution in [0, 0.1) is 5.92 Å². The van der Waals surface area contributed by atoms with Crippen molar-refractivity contribution in [2.45, 2.75) is 18.1 Å². The fourth-order valence-corrected chi connectivity index (χ4v) is 2.70. The second-order valence-electron chi connectivity index (χ2n) is 2.65. The van der Waals surface area contributed by atoms with E-state index in [0.29, 0.717) is 0 Å². The Bertz CT molecular complexity index is 268. The van der Waals surface area contributed by atoms with Crippen molar-refractivity contribution >= 4 is 9.84 Å². The summed E-state index contributed by atoms with van der Waals surface area (Å²) in [6.45, 7) is 0. The summed E-state index contributed by atoms with van der Waals surface area (Å²) in [6, 6.07) is 0. The van der Waals surface area contributed by atoms with Gasteiger partial charge in [0.25, 0.3) is 0 Å². The van der Waals surface area contributed by atoms with Gasteiger partial charge in [0.05, 0.1) is 5.75 Å². The lowest BCUT2D eigenvalue weighted by molar-refractivity contribution is -0.180. The number of hydrogen-bond acceptors (Lipinski definition) is 2. The summed E-state index contributed by atoms with van der Waals surface area (Å²) in [7, 11) is -4.14. The largest absolute Gasteiger partial charge is 0.395 e. The summed E-state index contributed by atoms with van der Waals surface area (Å²) < 4.78 is 69.2. The Balaban J connectivity index is 2.89. The number of hydrogen-bond donors (Lipinski definition) is 0. The van der Waals surface area contributed by atoms with Gasteiger partial charge in [-0.2, -0.15) is 13.2 Å². The third-order valence-corrected chi connectivity index (χ3v) is 3.61. The van der Waals surface area contributed by atoms with E-state index in [9.17, 15) is 26.0 Å². The number of alkyl halides is 4. The third kappa shape index (κ3) is 1.55. The first-order valence-corrected chi connectivity index (χ1v) is 4.89. The highest BCUT2D eigenvalue weighted by atomic mass is 32.2. The van der Waals surface area contributed by atoms with Crippen LogP contribution in [0.4, 0.5) is 17.6 Å². The molecule has 2 unspecified atom stereocenters. The predicted molar refractivity (Wildman–Crippen MR) is 32.8 cm³/mol. The van der Waals surface area contributed by atoms with Gasteiger partial charge in [0.2, 0.25) is 5.50 Å². The van der Waals surface area contributed by atoms with E-state index in [1.54, 1.807) is 0 Å². The molecule has 1 heterocycles. The fourth-order valence-electron chi connectivity index (χ4n) is 1.10. The van der Waals surface area contributed by atoms with Crippen LogP contribution in [0.15, 0.2) is 0 Å². The molecule has 72 valence electrons. The third-order valence-electron chi connectivity index (χ3n) is 1.79. The SMILES string of the molecule is O=S1(=O)CCC(C(F)(F)F)C1F. The summed E-state index contributed by atoms with van der Waals surface area (Å²) in [5.41, 5.74) is -2.77. The lowest BCUT2D eigenvalue weighted by Gasteiger charge is -2.14. The highest BCUT2D eigenvalue weighted by molar-refractivity contribution is 7.92. The molecule has 1 aliphatic rings. The summed E-state index contributed by atoms with van der Waals surface area (Å²) in [6.07, 6.45) is -5.41. The van der Waals surface area contributed by atoms with E-state index in [0.717, 1.165) is 0 Å². The number of rotatable bonds is 0. The Morgan fingerprint density at radius 2 is 1.75 bits per heavy atom. The molecule has 0 aromatic carbocycles. The molecular formula is C5H6F4O2S. The van der Waals surface area contributed by atoms with Crippen LogP contribution >= 0.6 is 0 Å². The zero-order valence-corrected chi connectivity index (χ0v) is 6.62. The summed E-state index contributed by atoms with van der Waals surface area (Å²) in [4.78, 5) is 0. The molecular weight excluding hydrogens is 200 g/mol. The van der Waals surface area contributed by atoms with E-state index >= 15 is 0 Å². The molecule has 1 rings (SSSR count). The maximum atomic E-state index is 12.6. The first kappa shape index (κ1) is 9.76. The maximum Gasteiger partial charge on any atom is 0.395 e. The second kappa shape index (κ2) is 2.58. The van der Waals surface area contributed by atoms with Crippen LogP contribution in [0.25, 0.3) is 0 Å². The Morgan fingerprint density at radius 1 is 1.25 bits per heavy atom. The Kier molecular flexibility index (Phi) is 2.10. The standard InChI is InChI=1S/C5H6F4O2S/c6-4-3(5(7,8)9)1-2-12(4,10)11/h3-4H,1-2H2. The molecule has 0 aromatic rings. The first-order valence-electron chi connectivity index (χ1n) is 3.17. The van der Waals surface area contributed by atoms with E-state index in [4.69, 9.17) is 0 Å². The van der Waals surface area contributed by atoms with E-state index in [1.807, 2.05) is 0 Å². The van der Waals surface area contributed by atoms with Gasteiger partial charge in [0, 0.05) is 0 Å². The van der Waals surface area contributed by atoms with Crippen LogP contribution in [-0.4, -0.2) is 25.9 Å². The number of sulfone groups is 1. The molecule has 0 aliphatic carbocycles. The monoisotopic (exact) mass is 206 g/mol. The van der Waals surface area contributed by atoms with Gasteiger partial charge in [0.1, 0.15) is 5.92 Å². The Hall–Kier alpha value is -0.330. The molecule has 0 bridgehead atoms. The highest BCUT2D eigenvalue weighted by Crippen LogP contribution is 2.40. The maximum absolute atomic E-state index is 12.6. The molecule has 0 amide bonds. The van der Waals surface area contributed by atoms with E-state index in [1.165, 1.54) is 0 Å². The quantitative estimate of drug-likeness (QED) is 0.559. The van der Waals surface area contributed by atoms with E-state index in [-0.39, 0.29) is 0 Å². The highest BCUT2D eigenvalue weighted by Gasteiger charge is 2.54. The summed E-state index contributed by atoms with van der Waals surface area (Å²) >= 11 is 0. The van der Waals surface area contributed by atoms with Crippen molar-refractivity contribution < 1.29 is 26.0 Å². The molecule has 0 spiro atoms. The van der Waals surface area contributed by atoms with Crippen LogP contribution in [0.3, 0.4) is 0 Å². The van der Waals surface area contributed by atoms with Crippen molar-refractivity contribution in [3.05, 3.63) is 0 Å². The van der Waals surface area contributed by atoms with Crippen LogP contribution < -0.4 is 0 Å². The molecule has 0 radical (unpaired) electrons. The topological polar surface area (TPSA) is 34.1 Å². The minimum Gasteiger partial charge on any atom is -0.229 e. The van der Waals surface area contributed by atoms with Gasteiger partial charge in [-0.25, -0.2) is 12.8 Å². The van der Waals surface area contributed by atoms with Gasteiger partial charge in [0.15, 0.2) is 9.84 Å². The van der Waals surface area contributed by atoms with Crippen molar-refractivity contribution in [2.75, 3.05) is 5.75 Å². The van der Waals surface area contributed by atoms with Crippen molar-refractivity contribution in [1.82, 2.24) is 0 Å². The van der Waals surface area contributed by atoms with E-state index in [2.05, 4.69) is 0 Å². The van der Waals surface area contributed by atoms with E-state index < -0.39 is 39.6 Å². The zero-order chi connectivity index (χ0) is 9.57. The van der Waals surface area contributed by atoms with Gasteiger partial charge in [-0.3, -0.25) is 0 Å². The average molecular weight is 206 g/mol. The van der Waals surface area contributed by atoms with Crippen LogP contribution in [0.2, 0.25) is 0 Å². The van der Waals surface area contributed by atoms with Crippen LogP contribution in [0.1, 0.15) is 6.42 Å². The number of halogens is 4. The molecule has 0 N–H and O–H groups in total. The van der Waals surface area contributed by atoms with Gasteiger partial charge < -0.3 is 0 Å². The summed E-state index contributed by atoms with van der Waals surface area (Å²) in [5, 5.41) is 0. The van der Waals surface area contributed by atoms with Gasteiger partial charge in [-0.15, -0.1) is 0 Å². The van der Waals surface area contributed by atoms with Crippen molar-refractivity contribution in [3.63, 3.8) is 0 Å². The van der Waals surface area contributed by atoms with Crippen LogP contribution in [0.5, 0.6) is 0 Å². The molecule has 0 aromatic heterocycles. The van der Waals surface area contributed by atoms with Crippen molar-refractivity contribution in [3.8, 4) is 0 Å². The van der Waals surface area contributed by atoms with Crippen molar-refractivity contribution in [1.29, 1.82) is 0 Å². The second-order valence-corrected chi connectivity index (χ2v) is 4.84. The Morgan fingerprint density at radius 3 is 1.92 bits per heavy atom. The molecule has 1 aliphatic heterocycles. The van der Waals surface area contributed by atoms with Crippen LogP contribution in [-0.2, 0) is 9.84 Å². The van der Waals surface area contributed by atoms with Crippen molar-refractivity contribution in [2.24, 2.45) is 5.92 Å². The molecule has 1 fully saturated rings. The minimum atomic E-state index is -4.75. The predicted octanol–water partition coefficient (Wildman–Crippen LogP) is 1.28. The summed E-state index contributed by atoms with van der Waals surface area (Å²) in [5.74, 6) is -3.04. The molecule has 12 heavy (non-hydrogen) atoms.